The van der Waals surface area contributed by atoms with Crippen LogP contribution in [0, 0.1) is 72.3 Å². The van der Waals surface area contributed by atoms with Crippen molar-refractivity contribution in [3.05, 3.63) is 438 Å². The summed E-state index contributed by atoms with van der Waals surface area (Å²) in [6, 6.07) is 94.4. The molecule has 0 saturated heterocycles. The summed E-state index contributed by atoms with van der Waals surface area (Å²) in [4.78, 5) is 15.4. The van der Waals surface area contributed by atoms with Crippen molar-refractivity contribution in [3.63, 3.8) is 0 Å². The second kappa shape index (κ2) is 51.0. The van der Waals surface area contributed by atoms with Crippen LogP contribution < -0.4 is 0 Å². The predicted molar refractivity (Wildman–Crippen MR) is 532 cm³/mol. The van der Waals surface area contributed by atoms with E-state index >= 15 is 0 Å². The van der Waals surface area contributed by atoms with Gasteiger partial charge in [0, 0.05) is 33.8 Å². The van der Waals surface area contributed by atoms with Crippen molar-refractivity contribution in [2.24, 2.45) is 0 Å². The molecular formula is C113H131Hf3N9. The number of aryl methyl sites for hydroxylation is 5. The minimum absolute atomic E-state index is 0. The average Bonchev–Trinajstić information content (AvgIpc) is 1.78. The van der Waals surface area contributed by atoms with E-state index in [1.165, 1.54) is 105 Å². The van der Waals surface area contributed by atoms with Crippen molar-refractivity contribution in [1.29, 1.82) is 0 Å². The molecule has 3 aromatic heterocycles. The van der Waals surface area contributed by atoms with Gasteiger partial charge in [-0.25, -0.2) is 0 Å². The summed E-state index contributed by atoms with van der Waals surface area (Å²) in [6.07, 6.45) is 2.10. The third-order valence-electron chi connectivity index (χ3n) is 22.3. The Morgan fingerprint density at radius 2 is 0.664 bits per heavy atom. The number of rotatable bonds is 26. The quantitative estimate of drug-likeness (QED) is 0.0396. The van der Waals surface area contributed by atoms with E-state index in [9.17, 15) is 0 Å². The number of pyridine rings is 3. The second-order valence-corrected chi connectivity index (χ2v) is 33.0. The van der Waals surface area contributed by atoms with Crippen LogP contribution in [0.2, 0.25) is 0 Å². The normalized spacial score (nSPS) is 11.6. The minimum atomic E-state index is 0. The van der Waals surface area contributed by atoms with Gasteiger partial charge in [0.25, 0.3) is 0 Å². The van der Waals surface area contributed by atoms with E-state index in [4.69, 9.17) is 46.9 Å². The monoisotopic (exact) mass is 2150 g/mol. The predicted octanol–water partition coefficient (Wildman–Crippen LogP) is 34.9. The summed E-state index contributed by atoms with van der Waals surface area (Å²) in [7, 11) is 0. The summed E-state index contributed by atoms with van der Waals surface area (Å²) in [5, 5.41) is 35.4. The van der Waals surface area contributed by atoms with Gasteiger partial charge in [-0.1, -0.05) is 412 Å². The third-order valence-corrected chi connectivity index (χ3v) is 22.3. The van der Waals surface area contributed by atoms with Crippen LogP contribution in [-0.4, -0.2) is 15.0 Å². The molecule has 9 nitrogen and oxygen atoms in total. The van der Waals surface area contributed by atoms with Gasteiger partial charge in [0.1, 0.15) is 0 Å². The van der Waals surface area contributed by atoms with E-state index in [2.05, 4.69) is 366 Å². The Morgan fingerprint density at radius 1 is 0.312 bits per heavy atom. The van der Waals surface area contributed by atoms with Crippen molar-refractivity contribution < 1.29 is 77.5 Å². The summed E-state index contributed by atoms with van der Waals surface area (Å²) < 4.78 is 0. The molecule has 0 radical (unpaired) electrons. The molecule has 0 spiro atoms. The van der Waals surface area contributed by atoms with Gasteiger partial charge in [-0.2, -0.15) is 0 Å². The molecule has 125 heavy (non-hydrogen) atoms. The van der Waals surface area contributed by atoms with Crippen LogP contribution in [0.3, 0.4) is 0 Å². The van der Waals surface area contributed by atoms with Crippen LogP contribution in [0.4, 0.5) is 34.1 Å². The first-order valence-corrected chi connectivity index (χ1v) is 41.8. The molecule has 12 heteroatoms. The Morgan fingerprint density at radius 3 is 1.08 bits per heavy atom. The smallest absolute Gasteiger partial charge is 0.680 e. The molecule has 1 aliphatic carbocycles. The molecule has 11 aromatic carbocycles. The zero-order valence-electron chi connectivity index (χ0n) is 78.4. The molecule has 0 amide bonds. The van der Waals surface area contributed by atoms with Crippen LogP contribution >= 0.6 is 0 Å². The Kier molecular flexibility index (Phi) is 44.1. The van der Waals surface area contributed by atoms with Gasteiger partial charge < -0.3 is 76.5 Å². The number of para-hydroxylation sites is 5. The summed E-state index contributed by atoms with van der Waals surface area (Å²) >= 11 is 0. The van der Waals surface area contributed by atoms with Crippen molar-refractivity contribution in [2.75, 3.05) is 0 Å². The maximum absolute atomic E-state index is 5.18. The van der Waals surface area contributed by atoms with Crippen molar-refractivity contribution >= 4 is 55.7 Å². The number of hydrogen-bond acceptors (Lipinski definition) is 3. The zero-order valence-corrected chi connectivity index (χ0v) is 89.2. The maximum Gasteiger partial charge on any atom is 4.00 e. The van der Waals surface area contributed by atoms with E-state index in [0.29, 0.717) is 68.2 Å². The fourth-order valence-electron chi connectivity index (χ4n) is 16.4. The van der Waals surface area contributed by atoms with Gasteiger partial charge >= 0.3 is 77.5 Å². The van der Waals surface area contributed by atoms with Crippen LogP contribution in [0.25, 0.3) is 87.2 Å². The Bertz CT molecular complexity index is 5610. The van der Waals surface area contributed by atoms with Gasteiger partial charge in [0.05, 0.1) is 17.1 Å². The number of aromatic nitrogens is 3. The van der Waals surface area contributed by atoms with E-state index in [1.54, 1.807) is 0 Å². The molecule has 0 N–H and O–H groups in total. The Balaban J connectivity index is 0.000000380. The number of benzene rings is 11. The first kappa shape index (κ1) is 108. The fourth-order valence-corrected chi connectivity index (χ4v) is 16.4. The van der Waals surface area contributed by atoms with E-state index < -0.39 is 0 Å². The molecule has 640 valence electrons. The molecule has 0 aliphatic heterocycles. The van der Waals surface area contributed by atoms with Crippen molar-refractivity contribution in [1.82, 2.24) is 15.0 Å². The molecule has 1 unspecified atom stereocenters. The number of hydrogen-bond donors (Lipinski definition) is 0. The van der Waals surface area contributed by atoms with E-state index in [1.807, 2.05) is 12.1 Å². The van der Waals surface area contributed by atoms with Gasteiger partial charge in [-0.15, -0.1) is 47.2 Å². The average molecular weight is 2150 g/mol. The van der Waals surface area contributed by atoms with Crippen molar-refractivity contribution in [3.8, 4) is 33.8 Å². The standard InChI is InChI=1S/C38H41N3.C36H37N3.C33H35N3.6CH3.3Hf/c1-24(2)32-15-11-16-33(25(3)4)38(32)40-23-31-13-10-17-35(41-31)36-30(19-18-29-12-8-9-14-34(29)36)22-39-37-27(6)20-26(5)21-28(37)7;1-24(2)30-16-11-17-31(25(3)4)36(30)38-23-29-14-10-19-34(39-29)35-28(21-20-27-13-7-8-15-32(27)35)22-37-33-18-9-6-12-26(33)5;1-22(2)27-15-10-16-28(23(3)4)33(27)34-21-26-14-9-18-30(36-26)29-17-8-11-24-19-20-31(32(24)29)35-25-12-6-5-7-13-25;;;;;;;;;/h8-21,24-25H,22-23H2,1-7H3;6-21,24-25H,22-23H2,1-5H3;5-18,22-23,31H,19-21H2,1-4H3;6*1H3;;;/q3*-2;6*-1;3*+4. The first-order chi connectivity index (χ1) is 56.2. The zero-order chi connectivity index (χ0) is 81.5. The SMILES string of the molecule is CC(C)c1cccc(C(C)C)c1[N-]Cc1cccc(-c2cccc3c2C([N-]c2ccccc2)CC3)n1.Cc1cc(C)c([N-]Cc2ccc3ccccc3c2-c2cccc(C[N-]c3c(C(C)C)cccc3C(C)C)n2)c(C)c1.Cc1ccccc1[N-]Cc1ccc2ccccc2c1-c1cccc(C[N-]c2c(C(C)C)cccc2C(C)C)n1.[CH3-].[CH3-].[CH3-].[CH3-].[CH3-].[CH3-].[Hf+4].[Hf+4].[Hf+4]. The van der Waals surface area contributed by atoms with Gasteiger partial charge in [-0.3, -0.25) is 15.0 Å². The molecule has 1 aliphatic rings. The summed E-state index contributed by atoms with van der Waals surface area (Å²) in [6.45, 7) is 38.3. The second-order valence-electron chi connectivity index (χ2n) is 33.0. The number of fused-ring (bicyclic) bond motifs is 3. The van der Waals surface area contributed by atoms with Gasteiger partial charge in [0.2, 0.25) is 0 Å². The largest absolute Gasteiger partial charge is 4.00 e. The molecule has 0 fully saturated rings. The Hall–Kier alpha value is -9.20. The minimum Gasteiger partial charge on any atom is -0.680 e. The Labute approximate surface area is 810 Å². The van der Waals surface area contributed by atoms with Crippen LogP contribution in [0.1, 0.15) is 226 Å². The third kappa shape index (κ3) is 26.7. The first-order valence-electron chi connectivity index (χ1n) is 41.8. The van der Waals surface area contributed by atoms with Crippen LogP contribution in [0.15, 0.2) is 267 Å². The van der Waals surface area contributed by atoms with Gasteiger partial charge in [-0.05, 0) is 139 Å². The molecule has 14 aromatic rings. The van der Waals surface area contributed by atoms with Crippen molar-refractivity contribution in [2.45, 2.75) is 198 Å². The van der Waals surface area contributed by atoms with Crippen LogP contribution in [0.5, 0.6) is 0 Å². The van der Waals surface area contributed by atoms with E-state index in [-0.39, 0.29) is 128 Å². The molecule has 0 saturated carbocycles. The van der Waals surface area contributed by atoms with Crippen LogP contribution in [-0.2, 0) is 117 Å². The van der Waals surface area contributed by atoms with Gasteiger partial charge in [0.15, 0.2) is 0 Å². The van der Waals surface area contributed by atoms with E-state index in [0.717, 1.165) is 92.3 Å². The maximum atomic E-state index is 5.18. The molecule has 3 heterocycles. The molecule has 15 rings (SSSR count). The topological polar surface area (TPSA) is 123 Å². The summed E-state index contributed by atoms with van der Waals surface area (Å²) in [5.41, 5.74) is 33.7. The molecule has 0 bridgehead atoms. The number of nitrogens with zero attached hydrogens (tertiary/aromatic N) is 9. The molecular weight excluding hydrogens is 2020 g/mol. The fraction of sp³-hybridized carbons (Fsp3) is 0.265. The summed E-state index contributed by atoms with van der Waals surface area (Å²) in [5.74, 6) is 2.51. The molecule has 1 atom stereocenters.